The van der Waals surface area contributed by atoms with Crippen LogP contribution >= 0.6 is 0 Å². The van der Waals surface area contributed by atoms with Gasteiger partial charge < -0.3 is 14.7 Å². The molecule has 1 heterocycles. The van der Waals surface area contributed by atoms with Crippen molar-refractivity contribution in [2.24, 2.45) is 11.8 Å². The molecular weight excluding hydrogens is 242 g/mol. The monoisotopic (exact) mass is 261 g/mol. The van der Waals surface area contributed by atoms with Gasteiger partial charge in [-0.15, -0.1) is 0 Å². The molecule has 0 bridgehead atoms. The van der Waals surface area contributed by atoms with Gasteiger partial charge in [0.15, 0.2) is 0 Å². The molecule has 0 unspecified atom stereocenters. The van der Waals surface area contributed by atoms with E-state index in [1.54, 1.807) is 24.3 Å². The highest BCUT2D eigenvalue weighted by Gasteiger charge is 2.44. The number of likely N-dealkylation sites (tertiary alicyclic amines) is 1. The van der Waals surface area contributed by atoms with Crippen molar-refractivity contribution in [3.05, 3.63) is 29.8 Å². The molecule has 0 amide bonds. The molecule has 1 aromatic rings. The topological polar surface area (TPSA) is 49.8 Å². The third kappa shape index (κ3) is 3.07. The number of aromatic carboxylic acids is 1. The van der Waals surface area contributed by atoms with Gasteiger partial charge in [0, 0.05) is 19.6 Å². The summed E-state index contributed by atoms with van der Waals surface area (Å²) in [5.74, 6) is 1.82. The Morgan fingerprint density at radius 3 is 2.58 bits per heavy atom. The number of hydrogen-bond donors (Lipinski definition) is 1. The van der Waals surface area contributed by atoms with Crippen LogP contribution in [0.25, 0.3) is 0 Å². The van der Waals surface area contributed by atoms with Crippen molar-refractivity contribution < 1.29 is 14.6 Å². The first kappa shape index (κ1) is 12.5. The Kier molecular flexibility index (Phi) is 3.42. The number of carboxylic acid groups (broad SMARTS) is 1. The van der Waals surface area contributed by atoms with Crippen molar-refractivity contribution in [3.63, 3.8) is 0 Å². The van der Waals surface area contributed by atoms with Crippen LogP contribution in [0.3, 0.4) is 0 Å². The first-order valence-corrected chi connectivity index (χ1v) is 6.91. The Labute approximate surface area is 113 Å². The summed E-state index contributed by atoms with van der Waals surface area (Å²) < 4.78 is 5.62. The molecule has 2 aliphatic rings. The second-order valence-electron chi connectivity index (χ2n) is 5.55. The number of carboxylic acids is 1. The molecule has 4 nitrogen and oxygen atoms in total. The molecule has 0 aromatic heterocycles. The summed E-state index contributed by atoms with van der Waals surface area (Å²) >= 11 is 0. The fraction of sp³-hybridized carbons (Fsp3) is 0.533. The van der Waals surface area contributed by atoms with Gasteiger partial charge in [-0.1, -0.05) is 0 Å². The fourth-order valence-corrected chi connectivity index (χ4v) is 2.85. The first-order valence-electron chi connectivity index (χ1n) is 6.91. The first-order chi connectivity index (χ1) is 9.22. The summed E-state index contributed by atoms with van der Waals surface area (Å²) in [5, 5.41) is 8.79. The van der Waals surface area contributed by atoms with Gasteiger partial charge in [0.2, 0.25) is 0 Å². The van der Waals surface area contributed by atoms with E-state index in [0.717, 1.165) is 30.6 Å². The summed E-state index contributed by atoms with van der Waals surface area (Å²) in [6, 6.07) is 6.58. The van der Waals surface area contributed by atoms with Gasteiger partial charge in [0.05, 0.1) is 12.2 Å². The van der Waals surface area contributed by atoms with E-state index in [-0.39, 0.29) is 0 Å². The minimum absolute atomic E-state index is 0.295. The minimum atomic E-state index is -0.904. The zero-order valence-corrected chi connectivity index (χ0v) is 10.9. The van der Waals surface area contributed by atoms with Crippen LogP contribution in [0.5, 0.6) is 5.75 Å². The Balaban J connectivity index is 1.36. The predicted octanol–water partition coefficient (Wildman–Crippen LogP) is 2.11. The lowest BCUT2D eigenvalue weighted by molar-refractivity contribution is 0.0697. The second-order valence-corrected chi connectivity index (χ2v) is 5.55. The predicted molar refractivity (Wildman–Crippen MR) is 71.6 cm³/mol. The number of fused-ring (bicyclic) bond motifs is 1. The van der Waals surface area contributed by atoms with Crippen molar-refractivity contribution >= 4 is 5.97 Å². The Hall–Kier alpha value is -1.55. The van der Waals surface area contributed by atoms with Crippen LogP contribution in [0, 0.1) is 11.8 Å². The van der Waals surface area contributed by atoms with Gasteiger partial charge in [-0.2, -0.15) is 0 Å². The Morgan fingerprint density at radius 1 is 1.26 bits per heavy atom. The highest BCUT2D eigenvalue weighted by atomic mass is 16.5. The number of nitrogens with zero attached hydrogens (tertiary/aromatic N) is 1. The van der Waals surface area contributed by atoms with Crippen molar-refractivity contribution in [1.82, 2.24) is 4.90 Å². The van der Waals surface area contributed by atoms with Gasteiger partial charge in [-0.25, -0.2) is 4.79 Å². The van der Waals surface area contributed by atoms with E-state index in [4.69, 9.17) is 9.84 Å². The van der Waals surface area contributed by atoms with Gasteiger partial charge in [-0.3, -0.25) is 0 Å². The molecule has 2 fully saturated rings. The quantitative estimate of drug-likeness (QED) is 0.797. The summed E-state index contributed by atoms with van der Waals surface area (Å²) in [4.78, 5) is 13.2. The Bertz CT molecular complexity index is 447. The molecule has 1 N–H and O–H groups in total. The van der Waals surface area contributed by atoms with Crippen molar-refractivity contribution in [3.8, 4) is 5.75 Å². The lowest BCUT2D eigenvalue weighted by Gasteiger charge is -2.17. The van der Waals surface area contributed by atoms with Crippen molar-refractivity contribution in [1.29, 1.82) is 0 Å². The van der Waals surface area contributed by atoms with E-state index in [2.05, 4.69) is 4.90 Å². The fourth-order valence-electron chi connectivity index (χ4n) is 2.85. The maximum absolute atomic E-state index is 10.7. The van der Waals surface area contributed by atoms with Crippen LogP contribution in [0.1, 0.15) is 23.2 Å². The molecule has 0 radical (unpaired) electrons. The number of rotatable bonds is 6. The number of benzene rings is 1. The van der Waals surface area contributed by atoms with Crippen LogP contribution in [-0.2, 0) is 0 Å². The molecule has 102 valence electrons. The van der Waals surface area contributed by atoms with Gasteiger partial charge in [-0.05, 0) is 48.9 Å². The van der Waals surface area contributed by atoms with Crippen LogP contribution in [0.15, 0.2) is 24.3 Å². The summed E-state index contributed by atoms with van der Waals surface area (Å²) in [6.45, 7) is 4.36. The zero-order chi connectivity index (χ0) is 13.2. The standard InChI is InChI=1S/C15H19NO3/c17-15(18)11-2-4-14(5-3-11)19-7-1-6-16-9-12-8-13(12)10-16/h2-5,12-13H,1,6-10H2,(H,17,18)/t12-,13+. The van der Waals surface area contributed by atoms with Crippen LogP contribution in [-0.4, -0.2) is 42.2 Å². The number of carbonyl (C=O) groups is 1. The maximum Gasteiger partial charge on any atom is 0.335 e. The van der Waals surface area contributed by atoms with Crippen molar-refractivity contribution in [2.75, 3.05) is 26.2 Å². The smallest absolute Gasteiger partial charge is 0.335 e. The molecule has 0 spiro atoms. The van der Waals surface area contributed by atoms with E-state index in [1.165, 1.54) is 19.5 Å². The third-order valence-corrected chi connectivity index (χ3v) is 4.04. The second kappa shape index (κ2) is 5.21. The molecule has 3 rings (SSSR count). The molecule has 1 aliphatic carbocycles. The SMILES string of the molecule is O=C(O)c1ccc(OCCCN2C[C@H]3C[C@H]3C2)cc1. The summed E-state index contributed by atoms with van der Waals surface area (Å²) in [7, 11) is 0. The van der Waals surface area contributed by atoms with Crippen LogP contribution in [0.2, 0.25) is 0 Å². The average molecular weight is 261 g/mol. The number of ether oxygens (including phenoxy) is 1. The largest absolute Gasteiger partial charge is 0.494 e. The maximum atomic E-state index is 10.7. The molecule has 4 heteroatoms. The summed E-state index contributed by atoms with van der Waals surface area (Å²) in [5.41, 5.74) is 0.295. The summed E-state index contributed by atoms with van der Waals surface area (Å²) in [6.07, 6.45) is 2.48. The van der Waals surface area contributed by atoms with E-state index >= 15 is 0 Å². The van der Waals surface area contributed by atoms with Gasteiger partial charge >= 0.3 is 5.97 Å². The molecule has 2 atom stereocenters. The van der Waals surface area contributed by atoms with E-state index in [0.29, 0.717) is 12.2 Å². The van der Waals surface area contributed by atoms with Crippen LogP contribution < -0.4 is 4.74 Å². The highest BCUT2D eigenvalue weighted by Crippen LogP contribution is 2.44. The molecule has 1 saturated heterocycles. The molecule has 1 aliphatic heterocycles. The molecular formula is C15H19NO3. The van der Waals surface area contributed by atoms with Gasteiger partial charge in [0.25, 0.3) is 0 Å². The molecule has 1 saturated carbocycles. The molecule has 19 heavy (non-hydrogen) atoms. The van der Waals surface area contributed by atoms with E-state index < -0.39 is 5.97 Å². The van der Waals surface area contributed by atoms with Crippen LogP contribution in [0.4, 0.5) is 0 Å². The van der Waals surface area contributed by atoms with E-state index in [9.17, 15) is 4.79 Å². The normalized spacial score (nSPS) is 25.1. The lowest BCUT2D eigenvalue weighted by atomic mass is 10.2. The third-order valence-electron chi connectivity index (χ3n) is 4.04. The van der Waals surface area contributed by atoms with Crippen molar-refractivity contribution in [2.45, 2.75) is 12.8 Å². The zero-order valence-electron chi connectivity index (χ0n) is 10.9. The lowest BCUT2D eigenvalue weighted by Crippen LogP contribution is -2.25. The van der Waals surface area contributed by atoms with Gasteiger partial charge in [0.1, 0.15) is 5.75 Å². The van der Waals surface area contributed by atoms with E-state index in [1.807, 2.05) is 0 Å². The highest BCUT2D eigenvalue weighted by molar-refractivity contribution is 5.87. The minimum Gasteiger partial charge on any atom is -0.494 e. The number of hydrogen-bond acceptors (Lipinski definition) is 3. The molecule has 1 aromatic carbocycles. The Morgan fingerprint density at radius 2 is 1.95 bits per heavy atom. The average Bonchev–Trinajstić information content (AvgIpc) is 3.02. The number of piperidine rings is 1.